The van der Waals surface area contributed by atoms with E-state index in [-0.39, 0.29) is 5.41 Å². The first-order valence-electron chi connectivity index (χ1n) is 29.8. The van der Waals surface area contributed by atoms with Gasteiger partial charge < -0.3 is 0 Å². The highest BCUT2D eigenvalue weighted by Crippen LogP contribution is 2.52. The van der Waals surface area contributed by atoms with Crippen molar-refractivity contribution in [2.24, 2.45) is 5.92 Å². The molecule has 0 radical (unpaired) electrons. The van der Waals surface area contributed by atoms with E-state index in [1.165, 1.54) is 141 Å². The Labute approximate surface area is 482 Å². The summed E-state index contributed by atoms with van der Waals surface area (Å²) in [5.74, 6) is 1.71. The summed E-state index contributed by atoms with van der Waals surface area (Å²) in [5.41, 5.74) is 28.0. The third-order valence-electron chi connectivity index (χ3n) is 16.3. The molecular formula is C79H98. The molecule has 414 valence electrons. The van der Waals surface area contributed by atoms with Crippen molar-refractivity contribution in [1.82, 2.24) is 0 Å². The van der Waals surface area contributed by atoms with Gasteiger partial charge in [0.1, 0.15) is 0 Å². The van der Waals surface area contributed by atoms with E-state index in [9.17, 15) is 0 Å². The fourth-order valence-corrected chi connectivity index (χ4v) is 11.3. The van der Waals surface area contributed by atoms with E-state index in [1.807, 2.05) is 6.08 Å². The van der Waals surface area contributed by atoms with Crippen molar-refractivity contribution in [3.8, 4) is 11.1 Å². The fourth-order valence-electron chi connectivity index (χ4n) is 11.3. The van der Waals surface area contributed by atoms with Crippen LogP contribution in [0.5, 0.6) is 0 Å². The Balaban J connectivity index is 0.000000190. The predicted octanol–water partition coefficient (Wildman–Crippen LogP) is 23.5. The lowest BCUT2D eigenvalue weighted by Gasteiger charge is -2.22. The molecule has 0 N–H and O–H groups in total. The van der Waals surface area contributed by atoms with Gasteiger partial charge >= 0.3 is 0 Å². The second kappa shape index (κ2) is 30.0. The summed E-state index contributed by atoms with van der Waals surface area (Å²) in [6, 6.07) is 49.1. The highest BCUT2D eigenvalue weighted by Gasteiger charge is 2.37. The van der Waals surface area contributed by atoms with Gasteiger partial charge in [-0.1, -0.05) is 272 Å². The van der Waals surface area contributed by atoms with Crippen LogP contribution in [0.3, 0.4) is 0 Å². The van der Waals surface area contributed by atoms with Gasteiger partial charge in [-0.2, -0.15) is 0 Å². The average Bonchev–Trinajstić information content (AvgIpc) is 4.11. The van der Waals surface area contributed by atoms with E-state index >= 15 is 0 Å². The highest BCUT2D eigenvalue weighted by molar-refractivity contribution is 6.04. The van der Waals surface area contributed by atoms with Gasteiger partial charge in [-0.05, 0) is 201 Å². The van der Waals surface area contributed by atoms with E-state index in [0.29, 0.717) is 17.8 Å². The number of benzene rings is 7. The minimum atomic E-state index is 0.0888. The molecule has 3 unspecified atom stereocenters. The van der Waals surface area contributed by atoms with Crippen molar-refractivity contribution in [2.75, 3.05) is 0 Å². The maximum atomic E-state index is 3.99. The van der Waals surface area contributed by atoms with Crippen LogP contribution >= 0.6 is 0 Å². The number of rotatable bonds is 12. The number of allylic oxidation sites excluding steroid dienone is 11. The van der Waals surface area contributed by atoms with Gasteiger partial charge in [-0.15, -0.1) is 0 Å². The molecule has 3 atom stereocenters. The molecular weight excluding hydrogens is 949 g/mol. The lowest BCUT2D eigenvalue weighted by molar-refractivity contribution is 0.659. The maximum absolute atomic E-state index is 3.99. The molecule has 79 heavy (non-hydrogen) atoms. The van der Waals surface area contributed by atoms with Crippen molar-refractivity contribution in [3.05, 3.63) is 272 Å². The van der Waals surface area contributed by atoms with Crippen molar-refractivity contribution in [2.45, 2.75) is 174 Å². The first kappa shape index (κ1) is 63.1. The molecule has 0 heterocycles. The Kier molecular flexibility index (Phi) is 24.0. The standard InChI is InChI=1S/C23H34.C21H20.C17H20.C10H14.C8H10/c1-8-12-21(18(6)11-4)23(13-9-2)22-15-14-20(16-19(22)7)17(5)10-3;1-13-9-10-17-18(11-13)21(3,4)19-12-14(2)15-7-5-6-8-16(15)20(17)19;1-5-8-15-13(6-2)14(7-3)16-10-9-12(4)11-17(15)16;1-3-4-10-7-5-9(2)6-8-10;1-7-3-5-8(2)6-4-7/h8-9,12-18H,10-11H2,1-7H3;5-12H,1-4H3;5-6,8-11,14H,2,7H2,1,3-4H3;5-8H,3-4H2,1-2H3;3-6H,1-2H3/b12-8-,13-9-,23-21-;;8-5-;;. The molecule has 9 rings (SSSR count). The third kappa shape index (κ3) is 15.8. The van der Waals surface area contributed by atoms with Gasteiger partial charge in [-0.25, -0.2) is 0 Å². The van der Waals surface area contributed by atoms with E-state index in [1.54, 1.807) is 0 Å². The quantitative estimate of drug-likeness (QED) is 0.107. The molecule has 0 heteroatoms. The van der Waals surface area contributed by atoms with Gasteiger partial charge in [0.2, 0.25) is 0 Å². The molecule has 0 amide bonds. The predicted molar refractivity (Wildman–Crippen MR) is 354 cm³/mol. The van der Waals surface area contributed by atoms with Crippen LogP contribution in [0.25, 0.3) is 33.0 Å². The van der Waals surface area contributed by atoms with Gasteiger partial charge in [0.25, 0.3) is 0 Å². The molecule has 2 aliphatic rings. The minimum absolute atomic E-state index is 0.0888. The summed E-state index contributed by atoms with van der Waals surface area (Å²) in [6.45, 7) is 43.7. The summed E-state index contributed by atoms with van der Waals surface area (Å²) >= 11 is 0. The molecule has 0 spiro atoms. The first-order valence-corrected chi connectivity index (χ1v) is 29.8. The zero-order valence-corrected chi connectivity index (χ0v) is 52.2. The van der Waals surface area contributed by atoms with Gasteiger partial charge in [0, 0.05) is 11.3 Å². The fraction of sp³-hybridized carbons (Fsp3) is 0.342. The zero-order chi connectivity index (χ0) is 58.0. The summed E-state index contributed by atoms with van der Waals surface area (Å²) in [5, 5.41) is 2.77. The first-order chi connectivity index (χ1) is 37.8. The molecule has 2 aliphatic carbocycles. The van der Waals surface area contributed by atoms with E-state index in [4.69, 9.17) is 0 Å². The van der Waals surface area contributed by atoms with Crippen LogP contribution in [0, 0.1) is 54.4 Å². The monoisotopic (exact) mass is 1050 g/mol. The number of aryl methyl sites for hydroxylation is 8. The Bertz CT molecular complexity index is 3260. The van der Waals surface area contributed by atoms with Crippen LogP contribution < -0.4 is 0 Å². The van der Waals surface area contributed by atoms with Crippen LogP contribution in [0.2, 0.25) is 0 Å². The number of hydrogen-bond donors (Lipinski definition) is 0. The lowest BCUT2D eigenvalue weighted by Crippen LogP contribution is -2.15. The Morgan fingerprint density at radius 1 is 0.570 bits per heavy atom. The Morgan fingerprint density at radius 2 is 1.15 bits per heavy atom. The molecule has 0 nitrogen and oxygen atoms in total. The number of hydrogen-bond acceptors (Lipinski definition) is 0. The maximum Gasteiger partial charge on any atom is 0.0159 e. The van der Waals surface area contributed by atoms with Crippen LogP contribution in [-0.2, 0) is 11.8 Å². The lowest BCUT2D eigenvalue weighted by atomic mass is 9.81. The van der Waals surface area contributed by atoms with Crippen molar-refractivity contribution < 1.29 is 0 Å². The van der Waals surface area contributed by atoms with Crippen molar-refractivity contribution in [3.63, 3.8) is 0 Å². The molecule has 0 aliphatic heterocycles. The normalized spacial score (nSPS) is 14.9. The van der Waals surface area contributed by atoms with Crippen LogP contribution in [0.4, 0.5) is 0 Å². The SMILES string of the molecule is C=CC1=C(/C=C\C)c2cc(C)ccc2C1CC.CCCc1ccc(C)cc1.C\C=C/C(=C(\C=C/C)C(C)CC)c1ccc(C(C)CC)cc1C.Cc1ccc(C)cc1.Cc1ccc2c(c1)C(C)(C)c1cc(C)c3ccccc3c1-2. The van der Waals surface area contributed by atoms with Crippen molar-refractivity contribution in [1.29, 1.82) is 0 Å². The summed E-state index contributed by atoms with van der Waals surface area (Å²) in [4.78, 5) is 0. The number of fused-ring (bicyclic) bond motifs is 6. The van der Waals surface area contributed by atoms with E-state index in [0.717, 1.165) is 12.8 Å². The topological polar surface area (TPSA) is 0 Å². The molecule has 0 fully saturated rings. The van der Waals surface area contributed by atoms with Crippen LogP contribution in [0.15, 0.2) is 194 Å². The molecule has 0 aromatic heterocycles. The van der Waals surface area contributed by atoms with E-state index < -0.39 is 0 Å². The summed E-state index contributed by atoms with van der Waals surface area (Å²) in [6.07, 6.45) is 21.2. The molecule has 0 saturated carbocycles. The highest BCUT2D eigenvalue weighted by atomic mass is 14.4. The zero-order valence-electron chi connectivity index (χ0n) is 52.2. The minimum Gasteiger partial charge on any atom is -0.0987 e. The van der Waals surface area contributed by atoms with E-state index in [2.05, 4.69) is 301 Å². The largest absolute Gasteiger partial charge is 0.0987 e. The smallest absolute Gasteiger partial charge is 0.0159 e. The summed E-state index contributed by atoms with van der Waals surface area (Å²) in [7, 11) is 0. The van der Waals surface area contributed by atoms with Crippen molar-refractivity contribution >= 4 is 21.9 Å². The molecule has 7 aromatic carbocycles. The molecule has 7 aromatic rings. The molecule has 0 saturated heterocycles. The average molecular weight is 1050 g/mol. The van der Waals surface area contributed by atoms with Gasteiger partial charge in [0.15, 0.2) is 0 Å². The van der Waals surface area contributed by atoms with Gasteiger partial charge in [0.05, 0.1) is 0 Å². The molecule has 0 bridgehead atoms. The second-order valence-corrected chi connectivity index (χ2v) is 22.9. The summed E-state index contributed by atoms with van der Waals surface area (Å²) < 4.78 is 0. The van der Waals surface area contributed by atoms with Crippen LogP contribution in [-0.4, -0.2) is 0 Å². The second-order valence-electron chi connectivity index (χ2n) is 22.9. The Morgan fingerprint density at radius 3 is 1.70 bits per heavy atom. The van der Waals surface area contributed by atoms with Gasteiger partial charge in [-0.3, -0.25) is 0 Å². The Hall–Kier alpha value is -6.76. The third-order valence-corrected chi connectivity index (χ3v) is 16.3. The van der Waals surface area contributed by atoms with Crippen LogP contribution in [0.1, 0.15) is 192 Å².